The van der Waals surface area contributed by atoms with Crippen molar-refractivity contribution in [3.63, 3.8) is 0 Å². The molecule has 0 N–H and O–H groups in total. The van der Waals surface area contributed by atoms with Crippen molar-refractivity contribution in [2.75, 3.05) is 13.1 Å². The minimum absolute atomic E-state index is 0.0808. The molecule has 0 unspecified atom stereocenters. The highest BCUT2D eigenvalue weighted by Gasteiger charge is 2.36. The zero-order valence-corrected chi connectivity index (χ0v) is 15.9. The van der Waals surface area contributed by atoms with Gasteiger partial charge in [0.05, 0.1) is 5.25 Å². The number of piperidine rings is 1. The molecule has 0 radical (unpaired) electrons. The van der Waals surface area contributed by atoms with Gasteiger partial charge in [0.25, 0.3) is 0 Å². The quantitative estimate of drug-likeness (QED) is 0.749. The first-order valence-corrected chi connectivity index (χ1v) is 11.2. The first kappa shape index (κ1) is 18.7. The average Bonchev–Trinajstić information content (AvgIpc) is 3.08. The molecule has 0 saturated carbocycles. The van der Waals surface area contributed by atoms with Crippen LogP contribution in [0.4, 0.5) is 0 Å². The molecule has 0 bridgehead atoms. The van der Waals surface area contributed by atoms with Crippen molar-refractivity contribution in [3.8, 4) is 0 Å². The van der Waals surface area contributed by atoms with Crippen molar-refractivity contribution in [2.45, 2.75) is 23.2 Å². The van der Waals surface area contributed by atoms with E-state index in [0.29, 0.717) is 0 Å². The molecule has 8 nitrogen and oxygen atoms in total. The third-order valence-corrected chi connectivity index (χ3v) is 8.15. The molecule has 0 amide bonds. The molecular weight excluding hydrogens is 376 g/mol. The summed E-state index contributed by atoms with van der Waals surface area (Å²) in [4.78, 5) is 0. The second kappa shape index (κ2) is 7.29. The van der Waals surface area contributed by atoms with Crippen LogP contribution in [0, 0.1) is 0 Å². The van der Waals surface area contributed by atoms with Gasteiger partial charge in [0.2, 0.25) is 25.0 Å². The molecule has 2 aromatic rings. The largest absolute Gasteiger partial charge is 0.308 e. The van der Waals surface area contributed by atoms with Crippen LogP contribution < -0.4 is 0 Å². The fraction of sp³-hybridized carbons (Fsp3) is 0.375. The van der Waals surface area contributed by atoms with E-state index in [1.807, 2.05) is 30.3 Å². The smallest absolute Gasteiger partial charge is 0.249 e. The summed E-state index contributed by atoms with van der Waals surface area (Å²) in [6.07, 6.45) is 3.33. The van der Waals surface area contributed by atoms with Gasteiger partial charge >= 0.3 is 0 Å². The number of benzene rings is 1. The maximum atomic E-state index is 12.6. The Bertz CT molecular complexity index is 990. The predicted molar refractivity (Wildman–Crippen MR) is 97.2 cm³/mol. The second-order valence-electron chi connectivity index (χ2n) is 6.13. The van der Waals surface area contributed by atoms with Crippen molar-refractivity contribution in [1.29, 1.82) is 0 Å². The Morgan fingerprint density at radius 2 is 1.73 bits per heavy atom. The molecule has 2 heterocycles. The van der Waals surface area contributed by atoms with Crippen LogP contribution in [-0.2, 0) is 26.9 Å². The molecule has 0 spiro atoms. The van der Waals surface area contributed by atoms with Crippen LogP contribution in [0.3, 0.4) is 0 Å². The van der Waals surface area contributed by atoms with Gasteiger partial charge in [0, 0.05) is 25.5 Å². The van der Waals surface area contributed by atoms with E-state index < -0.39 is 25.1 Å². The standard InChI is InChI=1S/C16H20N4O4S2/c1-19-13-17-18-16(19)26(23,24)15-7-10-20(11-8-15)25(21,22)12-9-14-5-3-2-4-6-14/h2-6,9,12-13,15H,7-8,10-11H2,1H3/b12-9+. The van der Waals surface area contributed by atoms with E-state index in [2.05, 4.69) is 10.2 Å². The fourth-order valence-electron chi connectivity index (χ4n) is 2.89. The van der Waals surface area contributed by atoms with Crippen LogP contribution in [0.5, 0.6) is 0 Å². The molecule has 1 aliphatic heterocycles. The summed E-state index contributed by atoms with van der Waals surface area (Å²) in [5, 5.41) is 7.71. The maximum absolute atomic E-state index is 12.6. The SMILES string of the molecule is Cn1cnnc1S(=O)(=O)C1CCN(S(=O)(=O)/C=C/c2ccccc2)CC1. The zero-order valence-electron chi connectivity index (χ0n) is 14.3. The van der Waals surface area contributed by atoms with E-state index in [1.165, 1.54) is 26.7 Å². The number of rotatable bonds is 5. The summed E-state index contributed by atoms with van der Waals surface area (Å²) in [7, 11) is -5.64. The lowest BCUT2D eigenvalue weighted by Crippen LogP contribution is -2.42. The molecule has 140 valence electrons. The topological polar surface area (TPSA) is 102 Å². The number of aromatic nitrogens is 3. The monoisotopic (exact) mass is 396 g/mol. The van der Waals surface area contributed by atoms with E-state index in [4.69, 9.17) is 0 Å². The third kappa shape index (κ3) is 3.87. The normalized spacial score (nSPS) is 17.7. The summed E-state index contributed by atoms with van der Waals surface area (Å²) < 4.78 is 52.9. The Balaban J connectivity index is 1.68. The van der Waals surface area contributed by atoms with E-state index in [-0.39, 0.29) is 31.1 Å². The van der Waals surface area contributed by atoms with Crippen LogP contribution in [0.25, 0.3) is 6.08 Å². The van der Waals surface area contributed by atoms with Crippen LogP contribution in [0.2, 0.25) is 0 Å². The van der Waals surface area contributed by atoms with E-state index in [1.54, 1.807) is 7.05 Å². The molecule has 3 rings (SSSR count). The highest BCUT2D eigenvalue weighted by Crippen LogP contribution is 2.25. The lowest BCUT2D eigenvalue weighted by molar-refractivity contribution is 0.348. The fourth-order valence-corrected chi connectivity index (χ4v) is 5.85. The Morgan fingerprint density at radius 1 is 1.08 bits per heavy atom. The number of aryl methyl sites for hydroxylation is 1. The molecule has 1 saturated heterocycles. The van der Waals surface area contributed by atoms with Crippen LogP contribution in [-0.4, -0.2) is 54.2 Å². The van der Waals surface area contributed by atoms with E-state index in [0.717, 1.165) is 5.56 Å². The molecule has 1 fully saturated rings. The number of nitrogens with zero attached hydrogens (tertiary/aromatic N) is 4. The van der Waals surface area contributed by atoms with Crippen molar-refractivity contribution < 1.29 is 16.8 Å². The number of hydrogen-bond acceptors (Lipinski definition) is 6. The minimum atomic E-state index is -3.62. The van der Waals surface area contributed by atoms with Gasteiger partial charge in [-0.25, -0.2) is 16.8 Å². The Labute approximate surface area is 153 Å². The highest BCUT2D eigenvalue weighted by atomic mass is 32.2. The van der Waals surface area contributed by atoms with Crippen molar-refractivity contribution in [3.05, 3.63) is 47.6 Å². The molecule has 10 heteroatoms. The van der Waals surface area contributed by atoms with Gasteiger partial charge in [-0.3, -0.25) is 0 Å². The molecule has 0 atom stereocenters. The summed E-state index contributed by atoms with van der Waals surface area (Å²) in [5.41, 5.74) is 0.788. The van der Waals surface area contributed by atoms with Gasteiger partial charge in [-0.05, 0) is 24.5 Å². The summed E-state index contributed by atoms with van der Waals surface area (Å²) in [6.45, 7) is 0.312. The van der Waals surface area contributed by atoms with E-state index in [9.17, 15) is 16.8 Å². The molecule has 1 aromatic carbocycles. The second-order valence-corrected chi connectivity index (χ2v) is 10.1. The predicted octanol–water partition coefficient (Wildman–Crippen LogP) is 1.05. The Hall–Kier alpha value is -2.04. The maximum Gasteiger partial charge on any atom is 0.249 e. The molecular formula is C16H20N4O4S2. The Morgan fingerprint density at radius 3 is 2.31 bits per heavy atom. The number of sulfone groups is 1. The third-order valence-electron chi connectivity index (χ3n) is 4.36. The van der Waals surface area contributed by atoms with Gasteiger partial charge in [0.1, 0.15) is 6.33 Å². The van der Waals surface area contributed by atoms with Gasteiger partial charge in [-0.1, -0.05) is 30.3 Å². The lowest BCUT2D eigenvalue weighted by Gasteiger charge is -2.29. The first-order valence-electron chi connectivity index (χ1n) is 8.12. The first-order chi connectivity index (χ1) is 12.3. The van der Waals surface area contributed by atoms with Gasteiger partial charge in [-0.2, -0.15) is 4.31 Å². The van der Waals surface area contributed by atoms with Gasteiger partial charge in [0.15, 0.2) is 0 Å². The Kier molecular flexibility index (Phi) is 5.26. The zero-order chi connectivity index (χ0) is 18.8. The van der Waals surface area contributed by atoms with Crippen LogP contribution >= 0.6 is 0 Å². The highest BCUT2D eigenvalue weighted by molar-refractivity contribution is 7.92. The lowest BCUT2D eigenvalue weighted by atomic mass is 10.2. The van der Waals surface area contributed by atoms with Crippen molar-refractivity contribution in [2.24, 2.45) is 7.05 Å². The van der Waals surface area contributed by atoms with E-state index >= 15 is 0 Å². The molecule has 1 aliphatic rings. The number of sulfonamides is 1. The molecule has 26 heavy (non-hydrogen) atoms. The molecule has 0 aliphatic carbocycles. The minimum Gasteiger partial charge on any atom is -0.308 e. The summed E-state index contributed by atoms with van der Waals surface area (Å²) in [5.74, 6) is 0. The summed E-state index contributed by atoms with van der Waals surface area (Å²) in [6, 6.07) is 9.13. The van der Waals surface area contributed by atoms with Crippen LogP contribution in [0.1, 0.15) is 18.4 Å². The molecule has 1 aromatic heterocycles. The average molecular weight is 396 g/mol. The van der Waals surface area contributed by atoms with Crippen molar-refractivity contribution in [1.82, 2.24) is 19.1 Å². The van der Waals surface area contributed by atoms with Gasteiger partial charge < -0.3 is 4.57 Å². The van der Waals surface area contributed by atoms with Gasteiger partial charge in [-0.15, -0.1) is 10.2 Å². The van der Waals surface area contributed by atoms with Crippen LogP contribution in [0.15, 0.2) is 47.2 Å². The number of hydrogen-bond donors (Lipinski definition) is 0. The van der Waals surface area contributed by atoms with Crippen molar-refractivity contribution >= 4 is 25.9 Å². The summed E-state index contributed by atoms with van der Waals surface area (Å²) >= 11 is 0.